The van der Waals surface area contributed by atoms with E-state index in [9.17, 15) is 0 Å². The van der Waals surface area contributed by atoms with Crippen molar-refractivity contribution in [1.29, 1.82) is 0 Å². The molecule has 1 aliphatic rings. The van der Waals surface area contributed by atoms with E-state index in [1.807, 2.05) is 18.7 Å². The van der Waals surface area contributed by atoms with Crippen molar-refractivity contribution < 1.29 is 4.74 Å². The van der Waals surface area contributed by atoms with Gasteiger partial charge in [-0.2, -0.15) is 5.10 Å². The minimum atomic E-state index is 0.199. The maximum Gasteiger partial charge on any atom is 0.0738 e. The van der Waals surface area contributed by atoms with E-state index in [0.29, 0.717) is 5.92 Å². The van der Waals surface area contributed by atoms with Crippen molar-refractivity contribution in [2.45, 2.75) is 32.2 Å². The molecule has 0 saturated carbocycles. The first-order chi connectivity index (χ1) is 8.09. The monoisotopic (exact) mass is 301 g/mol. The van der Waals surface area contributed by atoms with E-state index in [4.69, 9.17) is 10.5 Å². The molecule has 2 rings (SSSR count). The number of rotatable bonds is 3. The Morgan fingerprint density at radius 1 is 1.53 bits per heavy atom. The lowest BCUT2D eigenvalue weighted by Gasteiger charge is -2.27. The molecule has 1 fully saturated rings. The van der Waals surface area contributed by atoms with Crippen LogP contribution in [0, 0.1) is 12.8 Å². The van der Waals surface area contributed by atoms with Gasteiger partial charge in [-0.1, -0.05) is 0 Å². The first-order valence-electron chi connectivity index (χ1n) is 6.11. The van der Waals surface area contributed by atoms with Gasteiger partial charge in [0.15, 0.2) is 0 Å². The normalized spacial score (nSPS) is 19.5. The Morgan fingerprint density at radius 3 is 2.71 bits per heavy atom. The third kappa shape index (κ3) is 2.89. The highest BCUT2D eigenvalue weighted by atomic mass is 79.9. The van der Waals surface area contributed by atoms with Crippen LogP contribution < -0.4 is 5.73 Å². The third-order valence-corrected chi connectivity index (χ3v) is 4.59. The van der Waals surface area contributed by atoms with E-state index in [0.717, 1.165) is 42.6 Å². The van der Waals surface area contributed by atoms with Gasteiger partial charge in [-0.3, -0.25) is 4.68 Å². The minimum Gasteiger partial charge on any atom is -0.381 e. The van der Waals surface area contributed by atoms with E-state index in [-0.39, 0.29) is 6.04 Å². The quantitative estimate of drug-likeness (QED) is 0.926. The fraction of sp³-hybridized carbons (Fsp3) is 0.750. The van der Waals surface area contributed by atoms with Crippen LogP contribution in [-0.2, 0) is 18.2 Å². The molecule has 2 heterocycles. The van der Waals surface area contributed by atoms with Crippen LogP contribution in [0.25, 0.3) is 0 Å². The van der Waals surface area contributed by atoms with Crippen LogP contribution in [0.1, 0.15) is 24.2 Å². The van der Waals surface area contributed by atoms with Gasteiger partial charge in [0, 0.05) is 32.7 Å². The van der Waals surface area contributed by atoms with Gasteiger partial charge in [-0.25, -0.2) is 0 Å². The van der Waals surface area contributed by atoms with Crippen molar-refractivity contribution in [3.05, 3.63) is 15.9 Å². The molecule has 1 aromatic heterocycles. The molecule has 17 heavy (non-hydrogen) atoms. The largest absolute Gasteiger partial charge is 0.381 e. The molecule has 4 nitrogen and oxygen atoms in total. The SMILES string of the molecule is Cc1nn(C)c(CC(N)C2CCOCC2)c1Br. The standard InChI is InChI=1S/C12H20BrN3O/c1-8-12(13)11(16(2)15-8)7-10(14)9-3-5-17-6-4-9/h9-10H,3-7,14H2,1-2H3. The number of aromatic nitrogens is 2. The molecule has 0 amide bonds. The van der Waals surface area contributed by atoms with Crippen molar-refractivity contribution in [2.75, 3.05) is 13.2 Å². The summed E-state index contributed by atoms with van der Waals surface area (Å²) in [4.78, 5) is 0. The Balaban J connectivity index is 2.04. The Hall–Kier alpha value is -0.390. The number of nitrogens with zero attached hydrogens (tertiary/aromatic N) is 2. The summed E-state index contributed by atoms with van der Waals surface area (Å²) >= 11 is 3.59. The van der Waals surface area contributed by atoms with Crippen LogP contribution in [-0.4, -0.2) is 29.0 Å². The molecule has 5 heteroatoms. The molecule has 1 aromatic rings. The average molecular weight is 302 g/mol. The summed E-state index contributed by atoms with van der Waals surface area (Å²) in [5, 5.41) is 4.40. The van der Waals surface area contributed by atoms with E-state index in [2.05, 4.69) is 21.0 Å². The van der Waals surface area contributed by atoms with Crippen LogP contribution in [0.3, 0.4) is 0 Å². The van der Waals surface area contributed by atoms with Crippen LogP contribution >= 0.6 is 15.9 Å². The molecule has 2 N–H and O–H groups in total. The zero-order valence-corrected chi connectivity index (χ0v) is 12.0. The second-order valence-corrected chi connectivity index (χ2v) is 5.58. The number of aryl methyl sites for hydroxylation is 2. The molecule has 0 aliphatic carbocycles. The van der Waals surface area contributed by atoms with Crippen molar-refractivity contribution in [2.24, 2.45) is 18.7 Å². The first-order valence-corrected chi connectivity index (χ1v) is 6.90. The Morgan fingerprint density at radius 2 is 2.18 bits per heavy atom. The lowest BCUT2D eigenvalue weighted by Crippen LogP contribution is -2.36. The predicted octanol–water partition coefficient (Wildman–Crippen LogP) is 1.79. The molecule has 0 aromatic carbocycles. The Kier molecular flexibility index (Phi) is 4.22. The summed E-state index contributed by atoms with van der Waals surface area (Å²) in [6.45, 7) is 3.71. The molecule has 0 spiro atoms. The maximum atomic E-state index is 6.31. The van der Waals surface area contributed by atoms with Gasteiger partial charge >= 0.3 is 0 Å². The van der Waals surface area contributed by atoms with E-state index < -0.39 is 0 Å². The first kappa shape index (κ1) is 13.1. The third-order valence-electron chi connectivity index (χ3n) is 3.56. The highest BCUT2D eigenvalue weighted by Gasteiger charge is 2.23. The van der Waals surface area contributed by atoms with Gasteiger partial charge < -0.3 is 10.5 Å². The summed E-state index contributed by atoms with van der Waals surface area (Å²) in [6.07, 6.45) is 3.04. The van der Waals surface area contributed by atoms with Crippen LogP contribution in [0.15, 0.2) is 4.47 Å². The smallest absolute Gasteiger partial charge is 0.0738 e. The summed E-state index contributed by atoms with van der Waals surface area (Å²) in [5.74, 6) is 0.575. The predicted molar refractivity (Wildman–Crippen MR) is 70.9 cm³/mol. The highest BCUT2D eigenvalue weighted by Crippen LogP contribution is 2.25. The summed E-state index contributed by atoms with van der Waals surface area (Å²) in [7, 11) is 1.98. The molecule has 0 bridgehead atoms. The molecule has 1 unspecified atom stereocenters. The zero-order chi connectivity index (χ0) is 12.4. The summed E-state index contributed by atoms with van der Waals surface area (Å²) < 4.78 is 8.40. The second-order valence-electron chi connectivity index (χ2n) is 4.79. The van der Waals surface area contributed by atoms with Crippen LogP contribution in [0.2, 0.25) is 0 Å². The number of ether oxygens (including phenoxy) is 1. The van der Waals surface area contributed by atoms with Crippen molar-refractivity contribution >= 4 is 15.9 Å². The molecular formula is C12H20BrN3O. The van der Waals surface area contributed by atoms with E-state index in [1.165, 1.54) is 5.69 Å². The van der Waals surface area contributed by atoms with Gasteiger partial charge in [0.1, 0.15) is 0 Å². The molecule has 1 aliphatic heterocycles. The maximum absolute atomic E-state index is 6.31. The second kappa shape index (κ2) is 5.50. The Labute approximate surface area is 111 Å². The number of hydrogen-bond donors (Lipinski definition) is 1. The molecule has 0 radical (unpaired) electrons. The van der Waals surface area contributed by atoms with Gasteiger partial charge in [0.25, 0.3) is 0 Å². The van der Waals surface area contributed by atoms with Crippen LogP contribution in [0.5, 0.6) is 0 Å². The fourth-order valence-corrected chi connectivity index (χ4v) is 2.93. The lowest BCUT2D eigenvalue weighted by atomic mass is 9.89. The number of halogens is 1. The number of nitrogens with two attached hydrogens (primary N) is 1. The average Bonchev–Trinajstić information content (AvgIpc) is 2.57. The van der Waals surface area contributed by atoms with Gasteiger partial charge in [0.05, 0.1) is 15.9 Å². The molecule has 1 atom stereocenters. The fourth-order valence-electron chi connectivity index (χ4n) is 2.44. The van der Waals surface area contributed by atoms with Crippen molar-refractivity contribution in [3.8, 4) is 0 Å². The summed E-state index contributed by atoms with van der Waals surface area (Å²) in [5.41, 5.74) is 8.54. The van der Waals surface area contributed by atoms with E-state index in [1.54, 1.807) is 0 Å². The van der Waals surface area contributed by atoms with Crippen molar-refractivity contribution in [1.82, 2.24) is 9.78 Å². The summed E-state index contributed by atoms with van der Waals surface area (Å²) in [6, 6.07) is 0.199. The van der Waals surface area contributed by atoms with E-state index >= 15 is 0 Å². The van der Waals surface area contributed by atoms with Gasteiger partial charge in [-0.15, -0.1) is 0 Å². The lowest BCUT2D eigenvalue weighted by molar-refractivity contribution is 0.0583. The minimum absolute atomic E-state index is 0.199. The zero-order valence-electron chi connectivity index (χ0n) is 10.4. The molecular weight excluding hydrogens is 282 g/mol. The van der Waals surface area contributed by atoms with Gasteiger partial charge in [0.2, 0.25) is 0 Å². The molecule has 96 valence electrons. The molecule has 1 saturated heterocycles. The van der Waals surface area contributed by atoms with Gasteiger partial charge in [-0.05, 0) is 41.6 Å². The Bertz CT molecular complexity index is 385. The number of hydrogen-bond acceptors (Lipinski definition) is 3. The van der Waals surface area contributed by atoms with Crippen molar-refractivity contribution in [3.63, 3.8) is 0 Å². The highest BCUT2D eigenvalue weighted by molar-refractivity contribution is 9.10. The topological polar surface area (TPSA) is 53.1 Å². The van der Waals surface area contributed by atoms with Crippen LogP contribution in [0.4, 0.5) is 0 Å².